The zero-order chi connectivity index (χ0) is 18.5. The van der Waals surface area contributed by atoms with E-state index in [-0.39, 0.29) is 5.70 Å². The Kier molecular flexibility index (Phi) is 4.97. The molecule has 11 heteroatoms. The Bertz CT molecular complexity index is 848. The van der Waals surface area contributed by atoms with Gasteiger partial charge in [-0.25, -0.2) is 9.59 Å². The molecule has 26 heavy (non-hydrogen) atoms. The normalized spacial score (nSPS) is 13.1. The van der Waals surface area contributed by atoms with Crippen LogP contribution in [-0.2, 0) is 19.1 Å². The van der Waals surface area contributed by atoms with Crippen LogP contribution in [0.1, 0.15) is 0 Å². The Morgan fingerprint density at radius 1 is 1.19 bits per heavy atom. The number of hydrogen-bond acceptors (Lipinski definition) is 10. The Balaban J connectivity index is 2.05. The number of hydrogen-bond donors (Lipinski definition) is 1. The van der Waals surface area contributed by atoms with E-state index in [2.05, 4.69) is 25.6 Å². The van der Waals surface area contributed by atoms with Crippen molar-refractivity contribution in [3.8, 4) is 17.2 Å². The fraction of sp³-hybridized carbons (Fsp3) is 0.267. The van der Waals surface area contributed by atoms with Gasteiger partial charge in [-0.15, -0.1) is 5.10 Å². The SMILES string of the molecule is COC(=O)/C=C(/Nc1cc2c(cc1-n1cnnn1)OCCO2)C(=O)OC. The molecule has 2 aromatic rings. The minimum absolute atomic E-state index is 0.134. The smallest absolute Gasteiger partial charge is 0.354 e. The van der Waals surface area contributed by atoms with E-state index in [9.17, 15) is 9.59 Å². The van der Waals surface area contributed by atoms with Crippen LogP contribution >= 0.6 is 0 Å². The van der Waals surface area contributed by atoms with Gasteiger partial charge in [0, 0.05) is 12.1 Å². The molecule has 1 aliphatic heterocycles. The minimum Gasteiger partial charge on any atom is -0.486 e. The van der Waals surface area contributed by atoms with Gasteiger partial charge in [0.25, 0.3) is 0 Å². The lowest BCUT2D eigenvalue weighted by Gasteiger charge is -2.21. The number of ether oxygens (including phenoxy) is 4. The Hall–Kier alpha value is -3.63. The number of rotatable bonds is 5. The highest BCUT2D eigenvalue weighted by Gasteiger charge is 2.21. The third-order valence-electron chi connectivity index (χ3n) is 3.39. The molecule has 0 spiro atoms. The van der Waals surface area contributed by atoms with Gasteiger partial charge in [-0.2, -0.15) is 4.68 Å². The van der Waals surface area contributed by atoms with Gasteiger partial charge in [0.2, 0.25) is 0 Å². The largest absolute Gasteiger partial charge is 0.486 e. The highest BCUT2D eigenvalue weighted by molar-refractivity contribution is 5.99. The summed E-state index contributed by atoms with van der Waals surface area (Å²) in [6, 6.07) is 3.26. The highest BCUT2D eigenvalue weighted by atomic mass is 16.6. The number of methoxy groups -OCH3 is 2. The van der Waals surface area contributed by atoms with E-state index in [1.165, 1.54) is 25.2 Å². The summed E-state index contributed by atoms with van der Waals surface area (Å²) in [4.78, 5) is 23.5. The van der Waals surface area contributed by atoms with Gasteiger partial charge in [0.15, 0.2) is 11.5 Å². The van der Waals surface area contributed by atoms with Crippen LogP contribution in [0, 0.1) is 0 Å². The second-order valence-electron chi connectivity index (χ2n) is 4.97. The summed E-state index contributed by atoms with van der Waals surface area (Å²) in [5.74, 6) is -0.505. The lowest BCUT2D eigenvalue weighted by molar-refractivity contribution is -0.138. The molecular formula is C15H15N5O6. The van der Waals surface area contributed by atoms with Crippen LogP contribution < -0.4 is 14.8 Å². The number of carbonyl (C=O) groups excluding carboxylic acids is 2. The van der Waals surface area contributed by atoms with Crippen LogP contribution in [0.2, 0.25) is 0 Å². The fourth-order valence-electron chi connectivity index (χ4n) is 2.22. The Morgan fingerprint density at radius 2 is 1.92 bits per heavy atom. The lowest BCUT2D eigenvalue weighted by Crippen LogP contribution is -2.19. The lowest BCUT2D eigenvalue weighted by atomic mass is 10.2. The number of fused-ring (bicyclic) bond motifs is 1. The predicted octanol–water partition coefficient (Wildman–Crippen LogP) is 0.0753. The zero-order valence-corrected chi connectivity index (χ0v) is 14.0. The van der Waals surface area contributed by atoms with Gasteiger partial charge in [0.1, 0.15) is 25.2 Å². The van der Waals surface area contributed by atoms with Crippen LogP contribution in [0.15, 0.2) is 30.2 Å². The molecule has 136 valence electrons. The third-order valence-corrected chi connectivity index (χ3v) is 3.39. The molecule has 0 atom stereocenters. The van der Waals surface area contributed by atoms with Crippen molar-refractivity contribution in [3.05, 3.63) is 30.2 Å². The molecule has 2 heterocycles. The molecule has 0 amide bonds. The number of carbonyl (C=O) groups is 2. The average molecular weight is 361 g/mol. The maximum atomic E-state index is 12.0. The first-order chi connectivity index (χ1) is 12.6. The van der Waals surface area contributed by atoms with Crippen molar-refractivity contribution in [1.82, 2.24) is 20.2 Å². The molecule has 0 radical (unpaired) electrons. The molecule has 0 saturated carbocycles. The summed E-state index contributed by atoms with van der Waals surface area (Å²) >= 11 is 0. The second kappa shape index (κ2) is 7.51. The number of esters is 2. The van der Waals surface area contributed by atoms with Gasteiger partial charge in [-0.05, 0) is 10.4 Å². The molecule has 1 N–H and O–H groups in total. The van der Waals surface area contributed by atoms with Crippen molar-refractivity contribution < 1.29 is 28.5 Å². The molecule has 11 nitrogen and oxygen atoms in total. The van der Waals surface area contributed by atoms with Crippen LogP contribution in [-0.4, -0.2) is 59.6 Å². The topological polar surface area (TPSA) is 127 Å². The van der Waals surface area contributed by atoms with E-state index < -0.39 is 11.9 Å². The second-order valence-corrected chi connectivity index (χ2v) is 4.97. The van der Waals surface area contributed by atoms with Crippen molar-refractivity contribution in [2.45, 2.75) is 0 Å². The van der Waals surface area contributed by atoms with E-state index in [1.807, 2.05) is 0 Å². The van der Waals surface area contributed by atoms with Crippen molar-refractivity contribution >= 4 is 17.6 Å². The first kappa shape index (κ1) is 17.2. The maximum absolute atomic E-state index is 12.0. The van der Waals surface area contributed by atoms with Crippen molar-refractivity contribution in [2.75, 3.05) is 32.8 Å². The van der Waals surface area contributed by atoms with Gasteiger partial charge < -0.3 is 24.3 Å². The van der Waals surface area contributed by atoms with Crippen molar-refractivity contribution in [2.24, 2.45) is 0 Å². The first-order valence-corrected chi connectivity index (χ1v) is 7.44. The molecule has 0 aliphatic carbocycles. The van der Waals surface area contributed by atoms with Crippen LogP contribution in [0.5, 0.6) is 11.5 Å². The van der Waals surface area contributed by atoms with Gasteiger partial charge in [0.05, 0.1) is 31.7 Å². The minimum atomic E-state index is -0.757. The summed E-state index contributed by atoms with van der Waals surface area (Å²) in [6.07, 6.45) is 2.35. The standard InChI is InChI=1S/C15H15N5O6/c1-23-14(21)6-10(15(22)24-2)17-9-5-12-13(26-4-3-25-12)7-11(9)20-8-16-18-19-20/h5-8,17H,3-4H2,1-2H3/b10-6+. The fourth-order valence-corrected chi connectivity index (χ4v) is 2.22. The number of nitrogens with zero attached hydrogens (tertiary/aromatic N) is 4. The quantitative estimate of drug-likeness (QED) is 0.577. The summed E-state index contributed by atoms with van der Waals surface area (Å²) in [7, 11) is 2.39. The molecule has 1 aromatic carbocycles. The first-order valence-electron chi connectivity index (χ1n) is 7.44. The Morgan fingerprint density at radius 3 is 2.54 bits per heavy atom. The summed E-state index contributed by atoms with van der Waals surface area (Å²) in [5.41, 5.74) is 0.728. The number of nitrogens with one attached hydrogen (secondary N) is 1. The van der Waals surface area contributed by atoms with Crippen LogP contribution in [0.4, 0.5) is 5.69 Å². The molecule has 0 unspecified atom stereocenters. The van der Waals surface area contributed by atoms with E-state index >= 15 is 0 Å². The van der Waals surface area contributed by atoms with Gasteiger partial charge in [-0.3, -0.25) is 0 Å². The van der Waals surface area contributed by atoms with E-state index in [4.69, 9.17) is 14.2 Å². The molecule has 0 saturated heterocycles. The van der Waals surface area contributed by atoms with Gasteiger partial charge in [-0.1, -0.05) is 0 Å². The molecule has 3 rings (SSSR count). The number of aromatic nitrogens is 4. The van der Waals surface area contributed by atoms with Crippen molar-refractivity contribution in [1.29, 1.82) is 0 Å². The third kappa shape index (κ3) is 3.55. The van der Waals surface area contributed by atoms with Crippen LogP contribution in [0.25, 0.3) is 5.69 Å². The summed E-state index contributed by atoms with van der Waals surface area (Å²) < 4.78 is 21.7. The molecule has 1 aromatic heterocycles. The van der Waals surface area contributed by atoms with E-state index in [1.54, 1.807) is 12.1 Å². The average Bonchev–Trinajstić information content (AvgIpc) is 3.20. The highest BCUT2D eigenvalue weighted by Crippen LogP contribution is 2.37. The van der Waals surface area contributed by atoms with E-state index in [0.29, 0.717) is 36.1 Å². The summed E-state index contributed by atoms with van der Waals surface area (Å²) in [6.45, 7) is 0.795. The van der Waals surface area contributed by atoms with E-state index in [0.717, 1.165) is 6.08 Å². The van der Waals surface area contributed by atoms with Gasteiger partial charge >= 0.3 is 11.9 Å². The summed E-state index contributed by atoms with van der Waals surface area (Å²) in [5, 5.41) is 13.9. The monoisotopic (exact) mass is 361 g/mol. The van der Waals surface area contributed by atoms with Crippen molar-refractivity contribution in [3.63, 3.8) is 0 Å². The Labute approximate surface area is 147 Å². The molecule has 1 aliphatic rings. The number of tetrazole rings is 1. The zero-order valence-electron chi connectivity index (χ0n) is 14.0. The maximum Gasteiger partial charge on any atom is 0.354 e. The predicted molar refractivity (Wildman–Crippen MR) is 85.9 cm³/mol. The molecule has 0 bridgehead atoms. The molecular weight excluding hydrogens is 346 g/mol. The van der Waals surface area contributed by atoms with Crippen LogP contribution in [0.3, 0.4) is 0 Å². The molecule has 0 fully saturated rings. The number of anilines is 1. The number of benzene rings is 1.